The van der Waals surface area contributed by atoms with Gasteiger partial charge in [0.1, 0.15) is 11.6 Å². The van der Waals surface area contributed by atoms with Gasteiger partial charge in [0.15, 0.2) is 0 Å². The third kappa shape index (κ3) is 5.29. The number of hydrogen-bond donors (Lipinski definition) is 1. The van der Waals surface area contributed by atoms with Crippen LogP contribution in [0, 0.1) is 6.92 Å². The molecule has 3 aromatic carbocycles. The largest absolute Gasteiger partial charge is 0.494 e. The number of aryl methyl sites for hydroxylation is 2. The molecule has 0 aliphatic heterocycles. The number of rotatable bonds is 9. The van der Waals surface area contributed by atoms with Gasteiger partial charge in [-0.3, -0.25) is 4.79 Å². The molecular formula is C26H26ClN3O2. The second-order valence-electron chi connectivity index (χ2n) is 7.70. The van der Waals surface area contributed by atoms with E-state index in [-0.39, 0.29) is 5.91 Å². The van der Waals surface area contributed by atoms with Crippen molar-refractivity contribution in [1.82, 2.24) is 14.9 Å². The Bertz CT molecular complexity index is 1200. The Morgan fingerprint density at radius 2 is 1.75 bits per heavy atom. The molecular weight excluding hydrogens is 422 g/mol. The van der Waals surface area contributed by atoms with E-state index >= 15 is 0 Å². The van der Waals surface area contributed by atoms with E-state index in [1.54, 1.807) is 24.3 Å². The maximum absolute atomic E-state index is 12.6. The van der Waals surface area contributed by atoms with Gasteiger partial charge < -0.3 is 14.6 Å². The second kappa shape index (κ2) is 10.3. The van der Waals surface area contributed by atoms with E-state index in [0.717, 1.165) is 42.0 Å². The lowest BCUT2D eigenvalue weighted by atomic mass is 10.2. The van der Waals surface area contributed by atoms with Crippen molar-refractivity contribution in [3.05, 3.63) is 94.8 Å². The number of unbranched alkanes of at least 4 members (excludes halogenated alkanes) is 1. The van der Waals surface area contributed by atoms with Crippen molar-refractivity contribution in [3.63, 3.8) is 0 Å². The molecule has 0 radical (unpaired) electrons. The molecule has 0 aliphatic carbocycles. The Balaban J connectivity index is 1.38. The number of halogens is 1. The first-order valence-electron chi connectivity index (χ1n) is 10.8. The Labute approximate surface area is 193 Å². The fourth-order valence-corrected chi connectivity index (χ4v) is 3.83. The van der Waals surface area contributed by atoms with Crippen molar-refractivity contribution in [2.24, 2.45) is 0 Å². The van der Waals surface area contributed by atoms with E-state index in [4.69, 9.17) is 21.3 Å². The molecule has 32 heavy (non-hydrogen) atoms. The molecule has 6 heteroatoms. The number of ether oxygens (including phenoxy) is 1. The summed E-state index contributed by atoms with van der Waals surface area (Å²) in [4.78, 5) is 17.3. The molecule has 4 aromatic rings. The second-order valence-corrected chi connectivity index (χ2v) is 8.11. The molecule has 0 unspecified atom stereocenters. The van der Waals surface area contributed by atoms with E-state index in [0.29, 0.717) is 23.7 Å². The first-order chi connectivity index (χ1) is 15.6. The molecule has 1 amide bonds. The summed E-state index contributed by atoms with van der Waals surface area (Å²) in [6, 6.07) is 23.2. The van der Waals surface area contributed by atoms with Crippen LogP contribution in [-0.2, 0) is 13.1 Å². The average molecular weight is 448 g/mol. The summed E-state index contributed by atoms with van der Waals surface area (Å²) in [6.45, 7) is 3.86. The number of benzene rings is 3. The highest BCUT2D eigenvalue weighted by molar-refractivity contribution is 6.33. The smallest absolute Gasteiger partial charge is 0.253 e. The minimum Gasteiger partial charge on any atom is -0.494 e. The number of carbonyl (C=O) groups is 1. The molecule has 0 fully saturated rings. The number of imidazole rings is 1. The van der Waals surface area contributed by atoms with Crippen LogP contribution in [0.25, 0.3) is 11.0 Å². The topological polar surface area (TPSA) is 56.1 Å². The van der Waals surface area contributed by atoms with Gasteiger partial charge in [-0.15, -0.1) is 0 Å². The third-order valence-corrected chi connectivity index (χ3v) is 5.65. The summed E-state index contributed by atoms with van der Waals surface area (Å²) >= 11 is 6.15. The monoisotopic (exact) mass is 447 g/mol. The maximum Gasteiger partial charge on any atom is 0.253 e. The molecule has 0 bridgehead atoms. The van der Waals surface area contributed by atoms with Gasteiger partial charge in [-0.2, -0.15) is 0 Å². The predicted molar refractivity (Wildman–Crippen MR) is 128 cm³/mol. The number of carbonyl (C=O) groups excluding carboxylic acids is 1. The van der Waals surface area contributed by atoms with Crippen molar-refractivity contribution in [2.75, 3.05) is 6.61 Å². The van der Waals surface area contributed by atoms with Crippen LogP contribution in [0.3, 0.4) is 0 Å². The Morgan fingerprint density at radius 3 is 2.56 bits per heavy atom. The minimum atomic E-state index is -0.208. The molecule has 1 heterocycles. The van der Waals surface area contributed by atoms with Crippen LogP contribution in [0.2, 0.25) is 5.02 Å². The molecule has 0 saturated heterocycles. The van der Waals surface area contributed by atoms with Crippen LogP contribution in [0.5, 0.6) is 5.75 Å². The highest BCUT2D eigenvalue weighted by Crippen LogP contribution is 2.19. The zero-order valence-corrected chi connectivity index (χ0v) is 18.8. The quantitative estimate of drug-likeness (QED) is 0.330. The fraction of sp³-hybridized carbons (Fsp3) is 0.231. The Hall–Kier alpha value is -3.31. The van der Waals surface area contributed by atoms with Crippen molar-refractivity contribution < 1.29 is 9.53 Å². The molecule has 4 rings (SSSR count). The average Bonchev–Trinajstić information content (AvgIpc) is 3.16. The lowest BCUT2D eigenvalue weighted by molar-refractivity contribution is 0.0949. The number of para-hydroxylation sites is 2. The van der Waals surface area contributed by atoms with Gasteiger partial charge in [-0.05, 0) is 56.2 Å². The summed E-state index contributed by atoms with van der Waals surface area (Å²) in [5.41, 5.74) is 3.67. The summed E-state index contributed by atoms with van der Waals surface area (Å²) < 4.78 is 8.02. The van der Waals surface area contributed by atoms with Crippen molar-refractivity contribution in [3.8, 4) is 5.75 Å². The number of hydrogen-bond acceptors (Lipinski definition) is 3. The Morgan fingerprint density at radius 1 is 1.00 bits per heavy atom. The summed E-state index contributed by atoms with van der Waals surface area (Å²) in [6.07, 6.45) is 1.86. The van der Waals surface area contributed by atoms with Gasteiger partial charge in [0.2, 0.25) is 0 Å². The van der Waals surface area contributed by atoms with E-state index in [9.17, 15) is 4.79 Å². The van der Waals surface area contributed by atoms with Gasteiger partial charge in [-0.1, -0.05) is 53.6 Å². The highest BCUT2D eigenvalue weighted by Gasteiger charge is 2.13. The number of nitrogens with one attached hydrogen (secondary N) is 1. The van der Waals surface area contributed by atoms with Crippen molar-refractivity contribution in [1.29, 1.82) is 0 Å². The normalized spacial score (nSPS) is 10.9. The third-order valence-electron chi connectivity index (χ3n) is 5.32. The van der Waals surface area contributed by atoms with Crippen LogP contribution >= 0.6 is 11.6 Å². The number of aromatic nitrogens is 2. The van der Waals surface area contributed by atoms with E-state index < -0.39 is 0 Å². The summed E-state index contributed by atoms with van der Waals surface area (Å²) in [5.74, 6) is 1.51. The van der Waals surface area contributed by atoms with Crippen molar-refractivity contribution >= 4 is 28.5 Å². The van der Waals surface area contributed by atoms with Crippen LogP contribution in [0.1, 0.15) is 34.6 Å². The number of amides is 1. The van der Waals surface area contributed by atoms with E-state index in [1.165, 1.54) is 5.56 Å². The Kier molecular flexibility index (Phi) is 7.07. The number of fused-ring (bicyclic) bond motifs is 1. The number of nitrogens with zero attached hydrogens (tertiary/aromatic N) is 2. The van der Waals surface area contributed by atoms with Crippen molar-refractivity contribution in [2.45, 2.75) is 32.9 Å². The van der Waals surface area contributed by atoms with Crippen LogP contribution in [0.15, 0.2) is 72.8 Å². The highest BCUT2D eigenvalue weighted by atomic mass is 35.5. The van der Waals surface area contributed by atoms with Crippen LogP contribution < -0.4 is 10.1 Å². The van der Waals surface area contributed by atoms with Gasteiger partial charge >= 0.3 is 0 Å². The molecule has 0 atom stereocenters. The SMILES string of the molecule is Cc1ccc(OCCCCn2c(CNC(=O)c3ccccc3Cl)nc3ccccc32)cc1. The standard InChI is InChI=1S/C26H26ClN3O2/c1-19-12-14-20(15-13-19)32-17-7-6-16-30-24-11-5-4-10-23(24)29-25(30)18-28-26(31)21-8-2-3-9-22(21)27/h2-5,8-15H,6-7,16-18H2,1H3,(H,28,31). The van der Waals surface area contributed by atoms with Gasteiger partial charge in [0.25, 0.3) is 5.91 Å². The molecule has 5 nitrogen and oxygen atoms in total. The lowest BCUT2D eigenvalue weighted by Crippen LogP contribution is -2.25. The zero-order chi connectivity index (χ0) is 22.3. The zero-order valence-electron chi connectivity index (χ0n) is 18.1. The van der Waals surface area contributed by atoms with Crippen LogP contribution in [-0.4, -0.2) is 22.1 Å². The minimum absolute atomic E-state index is 0.208. The van der Waals surface area contributed by atoms with E-state index in [1.807, 2.05) is 30.3 Å². The van der Waals surface area contributed by atoms with Gasteiger partial charge in [0.05, 0.1) is 34.8 Å². The molecule has 164 valence electrons. The molecule has 1 N–H and O–H groups in total. The summed E-state index contributed by atoms with van der Waals surface area (Å²) in [5, 5.41) is 3.39. The van der Waals surface area contributed by atoms with Gasteiger partial charge in [-0.25, -0.2) is 4.98 Å². The molecule has 1 aromatic heterocycles. The fourth-order valence-electron chi connectivity index (χ4n) is 3.61. The predicted octanol–water partition coefficient (Wildman–Crippen LogP) is 5.79. The summed E-state index contributed by atoms with van der Waals surface area (Å²) in [7, 11) is 0. The first-order valence-corrected chi connectivity index (χ1v) is 11.2. The lowest BCUT2D eigenvalue weighted by Gasteiger charge is -2.11. The molecule has 0 saturated carbocycles. The molecule has 0 spiro atoms. The maximum atomic E-state index is 12.6. The first kappa shape index (κ1) is 21.9. The van der Waals surface area contributed by atoms with Crippen LogP contribution in [0.4, 0.5) is 0 Å². The van der Waals surface area contributed by atoms with E-state index in [2.05, 4.69) is 35.0 Å². The van der Waals surface area contributed by atoms with Gasteiger partial charge in [0, 0.05) is 6.54 Å². The molecule has 0 aliphatic rings.